The number of nitrogens with zero attached hydrogens (tertiary/aromatic N) is 4. The number of carbonyl (C=O) groups is 1. The fourth-order valence-corrected chi connectivity index (χ4v) is 4.79. The third-order valence-electron chi connectivity index (χ3n) is 5.62. The average Bonchev–Trinajstić information content (AvgIpc) is 3.13. The first-order chi connectivity index (χ1) is 15.9. The van der Waals surface area contributed by atoms with Gasteiger partial charge in [0.25, 0.3) is 0 Å². The Hall–Kier alpha value is -3.34. The molecular formula is C23H30N6O4S. The number of rotatable bonds is 4. The van der Waals surface area contributed by atoms with Gasteiger partial charge in [-0.2, -0.15) is 5.10 Å². The summed E-state index contributed by atoms with van der Waals surface area (Å²) in [6.45, 7) is 6.87. The second kappa shape index (κ2) is 8.79. The molecule has 34 heavy (non-hydrogen) atoms. The summed E-state index contributed by atoms with van der Waals surface area (Å²) in [4.78, 5) is 18.9. The van der Waals surface area contributed by atoms with Crippen molar-refractivity contribution in [1.82, 2.24) is 19.9 Å². The van der Waals surface area contributed by atoms with Crippen molar-refractivity contribution in [3.05, 3.63) is 36.7 Å². The van der Waals surface area contributed by atoms with Gasteiger partial charge in [-0.1, -0.05) is 12.1 Å². The molecule has 0 spiro atoms. The van der Waals surface area contributed by atoms with Crippen LogP contribution in [-0.2, 0) is 14.6 Å². The van der Waals surface area contributed by atoms with E-state index in [1.165, 1.54) is 12.6 Å². The normalized spacial score (nSPS) is 17.1. The Kier molecular flexibility index (Phi) is 6.15. The first-order valence-corrected chi connectivity index (χ1v) is 13.0. The number of fused-ring (bicyclic) bond motifs is 1. The number of benzene rings is 1. The molecule has 1 aromatic carbocycles. The molecule has 0 radical (unpaired) electrons. The third-order valence-corrected chi connectivity index (χ3v) is 6.75. The van der Waals surface area contributed by atoms with Crippen LogP contribution in [0.25, 0.3) is 16.8 Å². The molecule has 3 aromatic rings. The molecule has 1 saturated heterocycles. The topological polar surface area (TPSA) is 132 Å². The highest BCUT2D eigenvalue weighted by molar-refractivity contribution is 7.90. The van der Waals surface area contributed by atoms with Gasteiger partial charge in [0, 0.05) is 31.0 Å². The Morgan fingerprint density at radius 2 is 1.94 bits per heavy atom. The maximum absolute atomic E-state index is 12.3. The van der Waals surface area contributed by atoms with Crippen molar-refractivity contribution in [2.75, 3.05) is 30.0 Å². The number of hydrogen-bond donors (Lipinski definition) is 2. The molecule has 1 aliphatic rings. The van der Waals surface area contributed by atoms with E-state index in [-0.39, 0.29) is 10.9 Å². The van der Waals surface area contributed by atoms with Crippen molar-refractivity contribution in [3.8, 4) is 11.3 Å². The first-order valence-electron chi connectivity index (χ1n) is 11.1. The summed E-state index contributed by atoms with van der Waals surface area (Å²) >= 11 is 0. The molecule has 3 N–H and O–H groups in total. The van der Waals surface area contributed by atoms with Crippen molar-refractivity contribution < 1.29 is 17.9 Å². The van der Waals surface area contributed by atoms with Gasteiger partial charge in [-0.25, -0.2) is 22.7 Å². The van der Waals surface area contributed by atoms with E-state index in [9.17, 15) is 13.2 Å². The SMILES string of the molecule is CC(C)(C)OC(=O)NC1CCCN(c2cc(-c3ccc(S(C)(=O)=O)cc3)n3ncnc(N)c23)C1. The van der Waals surface area contributed by atoms with E-state index in [0.29, 0.717) is 17.9 Å². The van der Waals surface area contributed by atoms with Gasteiger partial charge < -0.3 is 20.7 Å². The summed E-state index contributed by atoms with van der Waals surface area (Å²) in [7, 11) is -3.30. The minimum Gasteiger partial charge on any atom is -0.444 e. The fraction of sp³-hybridized carbons (Fsp3) is 0.435. The van der Waals surface area contributed by atoms with Crippen LogP contribution in [0.1, 0.15) is 33.6 Å². The number of nitrogen functional groups attached to an aromatic ring is 1. The zero-order chi connectivity index (χ0) is 24.7. The van der Waals surface area contributed by atoms with Crippen molar-refractivity contribution in [1.29, 1.82) is 0 Å². The number of sulfone groups is 1. The second-order valence-electron chi connectivity index (χ2n) is 9.55. The number of alkyl carbamates (subject to hydrolysis) is 1. The summed E-state index contributed by atoms with van der Waals surface area (Å²) in [5.74, 6) is 0.339. The van der Waals surface area contributed by atoms with Crippen molar-refractivity contribution in [2.24, 2.45) is 0 Å². The van der Waals surface area contributed by atoms with Crippen molar-refractivity contribution >= 4 is 33.0 Å². The smallest absolute Gasteiger partial charge is 0.407 e. The number of piperidine rings is 1. The van der Waals surface area contributed by atoms with Gasteiger partial charge in [0.1, 0.15) is 17.4 Å². The number of anilines is 2. The maximum Gasteiger partial charge on any atom is 0.407 e. The van der Waals surface area contributed by atoms with Crippen LogP contribution in [0.5, 0.6) is 0 Å². The molecule has 1 fully saturated rings. The highest BCUT2D eigenvalue weighted by atomic mass is 32.2. The average molecular weight is 487 g/mol. The summed E-state index contributed by atoms with van der Waals surface area (Å²) in [5.41, 5.74) is 8.78. The quantitative estimate of drug-likeness (QED) is 0.575. The summed E-state index contributed by atoms with van der Waals surface area (Å²) < 4.78 is 30.8. The molecule has 182 valence electrons. The number of nitrogens with two attached hydrogens (primary N) is 1. The zero-order valence-electron chi connectivity index (χ0n) is 19.8. The fourth-order valence-electron chi connectivity index (χ4n) is 4.16. The van der Waals surface area contributed by atoms with E-state index in [1.807, 2.05) is 26.8 Å². The summed E-state index contributed by atoms with van der Waals surface area (Å²) in [6.07, 6.45) is 3.86. The predicted octanol–water partition coefficient (Wildman–Crippen LogP) is 2.88. The molecule has 1 aliphatic heterocycles. The Balaban J connectivity index is 1.66. The predicted molar refractivity (Wildman–Crippen MR) is 131 cm³/mol. The van der Waals surface area contributed by atoms with E-state index < -0.39 is 21.5 Å². The largest absolute Gasteiger partial charge is 0.444 e. The summed E-state index contributed by atoms with van der Waals surface area (Å²) in [6, 6.07) is 8.56. The van der Waals surface area contributed by atoms with Gasteiger partial charge in [-0.15, -0.1) is 0 Å². The highest BCUT2D eigenvalue weighted by Crippen LogP contribution is 2.35. The molecule has 0 aliphatic carbocycles. The van der Waals surface area contributed by atoms with E-state index in [0.717, 1.165) is 36.3 Å². The number of hydrogen-bond acceptors (Lipinski definition) is 8. The lowest BCUT2D eigenvalue weighted by Gasteiger charge is -2.34. The molecular weight excluding hydrogens is 456 g/mol. The Morgan fingerprint density at radius 3 is 2.59 bits per heavy atom. The molecule has 3 heterocycles. The van der Waals surface area contributed by atoms with E-state index >= 15 is 0 Å². The van der Waals surface area contributed by atoms with Crippen LogP contribution in [0.4, 0.5) is 16.3 Å². The Morgan fingerprint density at radius 1 is 1.24 bits per heavy atom. The molecule has 4 rings (SSSR count). The molecule has 1 atom stereocenters. The van der Waals surface area contributed by atoms with Crippen LogP contribution in [0.3, 0.4) is 0 Å². The molecule has 1 amide bonds. The van der Waals surface area contributed by atoms with Crippen LogP contribution in [-0.4, -0.2) is 60.1 Å². The highest BCUT2D eigenvalue weighted by Gasteiger charge is 2.27. The third kappa shape index (κ3) is 5.09. The van der Waals surface area contributed by atoms with Gasteiger partial charge in [-0.3, -0.25) is 0 Å². The zero-order valence-corrected chi connectivity index (χ0v) is 20.6. The van der Waals surface area contributed by atoms with E-state index in [1.54, 1.807) is 28.8 Å². The summed E-state index contributed by atoms with van der Waals surface area (Å²) in [5, 5.41) is 7.37. The van der Waals surface area contributed by atoms with Gasteiger partial charge in [0.2, 0.25) is 0 Å². The number of ether oxygens (including phenoxy) is 1. The minimum atomic E-state index is -3.30. The lowest BCUT2D eigenvalue weighted by Crippen LogP contribution is -2.49. The minimum absolute atomic E-state index is 0.0816. The molecule has 0 bridgehead atoms. The number of carbonyl (C=O) groups excluding carboxylic acids is 1. The first kappa shape index (κ1) is 23.8. The van der Waals surface area contributed by atoms with Crippen LogP contribution >= 0.6 is 0 Å². The number of aromatic nitrogens is 3. The van der Waals surface area contributed by atoms with Crippen molar-refractivity contribution in [3.63, 3.8) is 0 Å². The molecule has 1 unspecified atom stereocenters. The van der Waals surface area contributed by atoms with Gasteiger partial charge in [0.05, 0.1) is 16.3 Å². The van der Waals surface area contributed by atoms with E-state index in [2.05, 4.69) is 20.3 Å². The van der Waals surface area contributed by atoms with Crippen LogP contribution in [0.2, 0.25) is 0 Å². The van der Waals surface area contributed by atoms with E-state index in [4.69, 9.17) is 10.5 Å². The monoisotopic (exact) mass is 486 g/mol. The second-order valence-corrected chi connectivity index (χ2v) is 11.6. The van der Waals surface area contributed by atoms with Gasteiger partial charge >= 0.3 is 6.09 Å². The van der Waals surface area contributed by atoms with Crippen LogP contribution < -0.4 is 16.0 Å². The van der Waals surface area contributed by atoms with Crippen LogP contribution in [0, 0.1) is 0 Å². The molecule has 0 saturated carbocycles. The maximum atomic E-state index is 12.3. The van der Waals surface area contributed by atoms with Gasteiger partial charge in [-0.05, 0) is 51.8 Å². The molecule has 10 nitrogen and oxygen atoms in total. The van der Waals surface area contributed by atoms with Gasteiger partial charge in [0.15, 0.2) is 15.7 Å². The standard InChI is InChI=1S/C23H30N6O4S/c1-23(2,3)33-22(30)27-16-6-5-11-28(13-16)19-12-18(29-20(19)21(24)25-14-26-29)15-7-9-17(10-8-15)34(4,31)32/h7-10,12,14,16H,5-6,11,13H2,1-4H3,(H,27,30)(H2,24,25,26). The Labute approximate surface area is 199 Å². The molecule has 2 aromatic heterocycles. The lowest BCUT2D eigenvalue weighted by atomic mass is 10.0. The van der Waals surface area contributed by atoms with Crippen molar-refractivity contribution in [2.45, 2.75) is 50.2 Å². The Bertz CT molecular complexity index is 1310. The molecule has 11 heteroatoms. The lowest BCUT2D eigenvalue weighted by molar-refractivity contribution is 0.0500. The number of amides is 1. The van der Waals surface area contributed by atoms with Crippen LogP contribution in [0.15, 0.2) is 41.6 Å². The number of nitrogens with one attached hydrogen (secondary N) is 1.